The highest BCUT2D eigenvalue weighted by Gasteiger charge is 2.53. The predicted octanol–water partition coefficient (Wildman–Crippen LogP) is 3.84. The standard InChI is InChI=1S/C24H34N2O6/c1-4-5-13-31-22(28)25-12-11-24(16-25,17-30-14-19-9-7-6-8-10-19)21(27)26-20(18(2)3)15-32-23(26)29/h6-10,18,20H,4-5,11-17H2,1-3H3/t20-,24+/m1/s1. The second kappa shape index (κ2) is 10.8. The third kappa shape index (κ3) is 5.41. The Kier molecular flexibility index (Phi) is 8.12. The molecule has 2 aliphatic heterocycles. The lowest BCUT2D eigenvalue weighted by Gasteiger charge is -2.33. The van der Waals surface area contributed by atoms with E-state index >= 15 is 0 Å². The maximum Gasteiger partial charge on any atom is 0.417 e. The fourth-order valence-electron chi connectivity index (χ4n) is 4.13. The molecule has 0 aliphatic carbocycles. The van der Waals surface area contributed by atoms with E-state index in [-0.39, 0.29) is 37.6 Å². The molecule has 176 valence electrons. The minimum absolute atomic E-state index is 0.0594. The van der Waals surface area contributed by atoms with Gasteiger partial charge in [-0.2, -0.15) is 0 Å². The van der Waals surface area contributed by atoms with Gasteiger partial charge in [-0.1, -0.05) is 57.5 Å². The molecule has 0 aromatic heterocycles. The van der Waals surface area contributed by atoms with Crippen molar-refractivity contribution in [2.75, 3.05) is 32.9 Å². The van der Waals surface area contributed by atoms with Crippen LogP contribution in [-0.2, 0) is 25.6 Å². The SMILES string of the molecule is CCCCOC(=O)N1CC[C@](COCc2ccccc2)(C(=O)N2C(=O)OC[C@@H]2C(C)C)C1. The van der Waals surface area contributed by atoms with Crippen molar-refractivity contribution >= 4 is 18.1 Å². The predicted molar refractivity (Wildman–Crippen MR) is 118 cm³/mol. The Balaban J connectivity index is 1.75. The molecular weight excluding hydrogens is 412 g/mol. The summed E-state index contributed by atoms with van der Waals surface area (Å²) >= 11 is 0. The second-order valence-electron chi connectivity index (χ2n) is 8.96. The number of likely N-dealkylation sites (tertiary alicyclic amines) is 1. The molecule has 0 unspecified atom stereocenters. The smallest absolute Gasteiger partial charge is 0.417 e. The van der Waals surface area contributed by atoms with Gasteiger partial charge in [0.05, 0.1) is 31.3 Å². The van der Waals surface area contributed by atoms with Crippen molar-refractivity contribution in [3.05, 3.63) is 35.9 Å². The van der Waals surface area contributed by atoms with Crippen LogP contribution in [-0.4, -0.2) is 66.8 Å². The summed E-state index contributed by atoms with van der Waals surface area (Å²) in [5.41, 5.74) is -0.0285. The van der Waals surface area contributed by atoms with Gasteiger partial charge in [-0.05, 0) is 24.3 Å². The summed E-state index contributed by atoms with van der Waals surface area (Å²) in [7, 11) is 0. The highest BCUT2D eigenvalue weighted by Crippen LogP contribution is 2.36. The Labute approximate surface area is 189 Å². The van der Waals surface area contributed by atoms with Crippen LogP contribution in [0.25, 0.3) is 0 Å². The zero-order valence-electron chi connectivity index (χ0n) is 19.2. The van der Waals surface area contributed by atoms with Crippen LogP contribution in [0, 0.1) is 11.3 Å². The first-order valence-corrected chi connectivity index (χ1v) is 11.4. The molecule has 0 bridgehead atoms. The van der Waals surface area contributed by atoms with Gasteiger partial charge in [-0.15, -0.1) is 0 Å². The van der Waals surface area contributed by atoms with E-state index in [1.54, 1.807) is 4.90 Å². The molecule has 0 radical (unpaired) electrons. The maximum absolute atomic E-state index is 13.7. The van der Waals surface area contributed by atoms with Crippen molar-refractivity contribution in [3.63, 3.8) is 0 Å². The lowest BCUT2D eigenvalue weighted by atomic mass is 9.85. The van der Waals surface area contributed by atoms with Gasteiger partial charge in [0.25, 0.3) is 0 Å². The van der Waals surface area contributed by atoms with Crippen LogP contribution in [0.5, 0.6) is 0 Å². The summed E-state index contributed by atoms with van der Waals surface area (Å²) in [5.74, 6) is -0.278. The van der Waals surface area contributed by atoms with Gasteiger partial charge in [0.2, 0.25) is 5.91 Å². The van der Waals surface area contributed by atoms with Crippen molar-refractivity contribution in [3.8, 4) is 0 Å². The fraction of sp³-hybridized carbons (Fsp3) is 0.625. The lowest BCUT2D eigenvalue weighted by Crippen LogP contribution is -2.53. The maximum atomic E-state index is 13.7. The van der Waals surface area contributed by atoms with E-state index in [9.17, 15) is 14.4 Å². The normalized spacial score (nSPS) is 23.0. The number of rotatable bonds is 9. The summed E-state index contributed by atoms with van der Waals surface area (Å²) < 4.78 is 16.5. The van der Waals surface area contributed by atoms with Gasteiger partial charge in [0, 0.05) is 13.1 Å². The Morgan fingerprint density at radius 1 is 1.25 bits per heavy atom. The molecule has 1 aromatic rings. The number of hydrogen-bond donors (Lipinski definition) is 0. The zero-order chi connectivity index (χ0) is 23.1. The van der Waals surface area contributed by atoms with Gasteiger partial charge in [-0.25, -0.2) is 14.5 Å². The van der Waals surface area contributed by atoms with E-state index in [0.29, 0.717) is 26.2 Å². The lowest BCUT2D eigenvalue weighted by molar-refractivity contribution is -0.144. The van der Waals surface area contributed by atoms with Crippen molar-refractivity contribution < 1.29 is 28.6 Å². The van der Waals surface area contributed by atoms with Crippen LogP contribution in [0.3, 0.4) is 0 Å². The molecule has 8 nitrogen and oxygen atoms in total. The van der Waals surface area contributed by atoms with Crippen LogP contribution >= 0.6 is 0 Å². The number of hydrogen-bond acceptors (Lipinski definition) is 6. The average molecular weight is 447 g/mol. The largest absolute Gasteiger partial charge is 0.449 e. The molecule has 2 fully saturated rings. The molecule has 32 heavy (non-hydrogen) atoms. The summed E-state index contributed by atoms with van der Waals surface area (Å²) in [5, 5.41) is 0. The van der Waals surface area contributed by atoms with Gasteiger partial charge < -0.3 is 19.1 Å². The van der Waals surface area contributed by atoms with Crippen LogP contribution in [0.15, 0.2) is 30.3 Å². The monoisotopic (exact) mass is 446 g/mol. The average Bonchev–Trinajstić information content (AvgIpc) is 3.39. The first-order chi connectivity index (χ1) is 15.4. The number of carbonyl (C=O) groups is 3. The van der Waals surface area contributed by atoms with E-state index in [1.807, 2.05) is 51.1 Å². The number of ether oxygens (including phenoxy) is 3. The minimum Gasteiger partial charge on any atom is -0.449 e. The highest BCUT2D eigenvalue weighted by atomic mass is 16.6. The number of carbonyl (C=O) groups excluding carboxylic acids is 3. The first kappa shape index (κ1) is 24.0. The molecule has 2 heterocycles. The minimum atomic E-state index is -1.02. The number of amides is 3. The van der Waals surface area contributed by atoms with Gasteiger partial charge in [-0.3, -0.25) is 4.79 Å². The van der Waals surface area contributed by atoms with E-state index in [1.165, 1.54) is 4.90 Å². The van der Waals surface area contributed by atoms with Crippen molar-refractivity contribution in [1.82, 2.24) is 9.80 Å². The number of imide groups is 1. The molecule has 2 aliphatic rings. The topological polar surface area (TPSA) is 85.4 Å². The van der Waals surface area contributed by atoms with Crippen molar-refractivity contribution in [2.24, 2.45) is 11.3 Å². The van der Waals surface area contributed by atoms with E-state index < -0.39 is 17.6 Å². The van der Waals surface area contributed by atoms with E-state index in [0.717, 1.165) is 18.4 Å². The van der Waals surface area contributed by atoms with E-state index in [2.05, 4.69) is 0 Å². The molecule has 0 saturated carbocycles. The Hall–Kier alpha value is -2.61. The first-order valence-electron chi connectivity index (χ1n) is 11.4. The van der Waals surface area contributed by atoms with Crippen LogP contribution in [0.1, 0.15) is 45.6 Å². The van der Waals surface area contributed by atoms with Crippen molar-refractivity contribution in [1.29, 1.82) is 0 Å². The van der Waals surface area contributed by atoms with Gasteiger partial charge >= 0.3 is 12.2 Å². The molecule has 0 spiro atoms. The molecule has 0 N–H and O–H groups in total. The third-order valence-electron chi connectivity index (χ3n) is 6.17. The zero-order valence-corrected chi connectivity index (χ0v) is 19.2. The summed E-state index contributed by atoms with van der Waals surface area (Å²) in [4.78, 5) is 41.5. The number of cyclic esters (lactones) is 1. The summed E-state index contributed by atoms with van der Waals surface area (Å²) in [6, 6.07) is 9.36. The Bertz CT molecular complexity index is 799. The van der Waals surface area contributed by atoms with Crippen LogP contribution in [0.2, 0.25) is 0 Å². The highest BCUT2D eigenvalue weighted by molar-refractivity contribution is 5.97. The van der Waals surface area contributed by atoms with E-state index in [4.69, 9.17) is 14.2 Å². The third-order valence-corrected chi connectivity index (χ3v) is 6.17. The number of unbranched alkanes of at least 4 members (excludes halogenated alkanes) is 1. The Morgan fingerprint density at radius 2 is 2.00 bits per heavy atom. The summed E-state index contributed by atoms with van der Waals surface area (Å²) in [6.45, 7) is 7.45. The second-order valence-corrected chi connectivity index (χ2v) is 8.96. The van der Waals surface area contributed by atoms with Crippen LogP contribution in [0.4, 0.5) is 9.59 Å². The van der Waals surface area contributed by atoms with Crippen LogP contribution < -0.4 is 0 Å². The van der Waals surface area contributed by atoms with Gasteiger partial charge in [0.15, 0.2) is 0 Å². The number of benzene rings is 1. The molecule has 1 aromatic carbocycles. The molecular formula is C24H34N2O6. The Morgan fingerprint density at radius 3 is 2.69 bits per heavy atom. The number of nitrogens with zero attached hydrogens (tertiary/aromatic N) is 2. The van der Waals surface area contributed by atoms with Gasteiger partial charge in [0.1, 0.15) is 6.61 Å². The fourth-order valence-corrected chi connectivity index (χ4v) is 4.13. The quantitative estimate of drug-likeness (QED) is 0.536. The molecule has 2 atom stereocenters. The summed E-state index contributed by atoms with van der Waals surface area (Å²) in [6.07, 6.45) is 1.06. The van der Waals surface area contributed by atoms with Crippen molar-refractivity contribution in [2.45, 2.75) is 52.7 Å². The molecule has 3 amide bonds. The molecule has 8 heteroatoms. The molecule has 3 rings (SSSR count). The molecule has 2 saturated heterocycles.